The van der Waals surface area contributed by atoms with E-state index in [1.54, 1.807) is 4.57 Å². The number of anilines is 1. The Morgan fingerprint density at radius 2 is 1.81 bits per heavy atom. The van der Waals surface area contributed by atoms with Gasteiger partial charge in [-0.3, -0.25) is 4.72 Å². The van der Waals surface area contributed by atoms with Crippen molar-refractivity contribution in [3.05, 3.63) is 54.6 Å². The minimum Gasteiger partial charge on any atom is -0.425 e. The molecular formula is C14H10N4O2S. The van der Waals surface area contributed by atoms with Crippen LogP contribution in [0, 0.1) is 0 Å². The van der Waals surface area contributed by atoms with Crippen LogP contribution in [0.5, 0.6) is 5.75 Å². The minimum absolute atomic E-state index is 0.238. The maximum Gasteiger partial charge on any atom is 0.320 e. The number of hydrogen-bond donors (Lipinski definition) is 1. The highest BCUT2D eigenvalue weighted by Gasteiger charge is 2.23. The molecule has 0 bridgehead atoms. The van der Waals surface area contributed by atoms with Gasteiger partial charge in [-0.05, 0) is 24.3 Å². The first-order chi connectivity index (χ1) is 10.3. The highest BCUT2D eigenvalue weighted by molar-refractivity contribution is 7.85. The molecule has 1 atom stereocenters. The van der Waals surface area contributed by atoms with Crippen molar-refractivity contribution < 1.29 is 8.95 Å². The molecule has 1 aliphatic rings. The molecule has 0 aliphatic carbocycles. The lowest BCUT2D eigenvalue weighted by atomic mass is 10.3. The standard InChI is InChI=1S/C14H10N4O2S/c19-21-16-13-15-11-8-4-5-9-12(11)18(13)14(17-21)20-10-6-2-1-3-7-10/h1-9H,(H,15,16). The van der Waals surface area contributed by atoms with Crippen LogP contribution in [0.15, 0.2) is 59.0 Å². The number of nitrogens with zero attached hydrogens (tertiary/aromatic N) is 3. The fourth-order valence-corrected chi connectivity index (χ4v) is 2.76. The Bertz CT molecular complexity index is 873. The van der Waals surface area contributed by atoms with Crippen LogP contribution in [-0.4, -0.2) is 19.8 Å². The molecule has 2 aromatic carbocycles. The van der Waals surface area contributed by atoms with Crippen molar-refractivity contribution in [1.82, 2.24) is 9.55 Å². The molecule has 0 amide bonds. The zero-order valence-corrected chi connectivity index (χ0v) is 11.6. The smallest absolute Gasteiger partial charge is 0.320 e. The summed E-state index contributed by atoms with van der Waals surface area (Å²) in [5, 5.41) is 0. The number of imidazole rings is 1. The summed E-state index contributed by atoms with van der Waals surface area (Å²) in [6, 6.07) is 17.1. The van der Waals surface area contributed by atoms with Crippen LogP contribution >= 0.6 is 0 Å². The number of para-hydroxylation sites is 3. The number of hydrogen-bond acceptors (Lipinski definition) is 3. The molecule has 1 aliphatic heterocycles. The quantitative estimate of drug-likeness (QED) is 0.749. The Morgan fingerprint density at radius 3 is 2.67 bits per heavy atom. The molecule has 0 saturated heterocycles. The van der Waals surface area contributed by atoms with Gasteiger partial charge in [0.05, 0.1) is 11.0 Å². The third-order valence-electron chi connectivity index (χ3n) is 3.04. The van der Waals surface area contributed by atoms with Gasteiger partial charge in [0.25, 0.3) is 0 Å². The summed E-state index contributed by atoms with van der Waals surface area (Å²) in [7, 11) is 0. The Labute approximate surface area is 122 Å². The van der Waals surface area contributed by atoms with Crippen molar-refractivity contribution in [2.75, 3.05) is 4.72 Å². The van der Waals surface area contributed by atoms with E-state index in [1.807, 2.05) is 54.6 Å². The van der Waals surface area contributed by atoms with Gasteiger partial charge in [0, 0.05) is 0 Å². The summed E-state index contributed by atoms with van der Waals surface area (Å²) in [6.45, 7) is 0. The first-order valence-corrected chi connectivity index (χ1v) is 7.40. The average Bonchev–Trinajstić information content (AvgIpc) is 2.86. The molecule has 0 radical (unpaired) electrons. The zero-order valence-electron chi connectivity index (χ0n) is 10.8. The lowest BCUT2D eigenvalue weighted by molar-refractivity contribution is 0.528. The van der Waals surface area contributed by atoms with Crippen LogP contribution in [0.1, 0.15) is 0 Å². The number of aromatic nitrogens is 2. The SMILES string of the molecule is O=S1N=C(Oc2ccccc2)n2c(nc3ccccc32)N1. The molecule has 2 heterocycles. The summed E-state index contributed by atoms with van der Waals surface area (Å²) >= 11 is -1.60. The van der Waals surface area contributed by atoms with Crippen LogP contribution < -0.4 is 9.46 Å². The molecular weight excluding hydrogens is 288 g/mol. The predicted octanol–water partition coefficient (Wildman–Crippen LogP) is 2.32. The summed E-state index contributed by atoms with van der Waals surface area (Å²) < 4.78 is 26.0. The van der Waals surface area contributed by atoms with Crippen LogP contribution in [0.25, 0.3) is 11.0 Å². The van der Waals surface area contributed by atoms with Gasteiger partial charge in [-0.25, -0.2) is 13.8 Å². The van der Waals surface area contributed by atoms with E-state index in [-0.39, 0.29) is 6.02 Å². The fourth-order valence-electron chi connectivity index (χ4n) is 2.16. The highest BCUT2D eigenvalue weighted by atomic mass is 32.2. The highest BCUT2D eigenvalue weighted by Crippen LogP contribution is 2.24. The summed E-state index contributed by atoms with van der Waals surface area (Å²) in [6.07, 6.45) is 0. The summed E-state index contributed by atoms with van der Waals surface area (Å²) in [5.41, 5.74) is 1.62. The first kappa shape index (κ1) is 12.1. The average molecular weight is 298 g/mol. The van der Waals surface area contributed by atoms with Crippen LogP contribution in [0.3, 0.4) is 0 Å². The van der Waals surface area contributed by atoms with E-state index in [0.717, 1.165) is 11.0 Å². The molecule has 7 heteroatoms. The predicted molar refractivity (Wildman–Crippen MR) is 81.4 cm³/mol. The summed E-state index contributed by atoms with van der Waals surface area (Å²) in [4.78, 5) is 4.39. The van der Waals surface area contributed by atoms with Gasteiger partial charge >= 0.3 is 6.02 Å². The maximum absolute atomic E-state index is 11.8. The van der Waals surface area contributed by atoms with Crippen LogP contribution in [0.2, 0.25) is 0 Å². The molecule has 1 N–H and O–H groups in total. The third-order valence-corrected chi connectivity index (χ3v) is 3.72. The van der Waals surface area contributed by atoms with Gasteiger partial charge in [0.1, 0.15) is 5.75 Å². The molecule has 104 valence electrons. The number of nitrogens with one attached hydrogen (secondary N) is 1. The molecule has 0 spiro atoms. The van der Waals surface area contributed by atoms with Crippen molar-refractivity contribution >= 4 is 34.2 Å². The molecule has 1 aromatic heterocycles. The Balaban J connectivity index is 1.86. The van der Waals surface area contributed by atoms with E-state index >= 15 is 0 Å². The van der Waals surface area contributed by atoms with Crippen molar-refractivity contribution in [3.63, 3.8) is 0 Å². The number of rotatable bonds is 1. The fraction of sp³-hybridized carbons (Fsp3) is 0. The Hall–Kier alpha value is -2.67. The van der Waals surface area contributed by atoms with Crippen LogP contribution in [-0.2, 0) is 11.2 Å². The number of fused-ring (bicyclic) bond motifs is 3. The number of benzene rings is 2. The van der Waals surface area contributed by atoms with E-state index in [4.69, 9.17) is 4.74 Å². The second kappa shape index (κ2) is 4.71. The first-order valence-electron chi connectivity index (χ1n) is 6.29. The molecule has 21 heavy (non-hydrogen) atoms. The second-order valence-electron chi connectivity index (χ2n) is 4.40. The lowest BCUT2D eigenvalue weighted by Gasteiger charge is -2.16. The second-order valence-corrected chi connectivity index (χ2v) is 5.28. The van der Waals surface area contributed by atoms with E-state index in [1.165, 1.54) is 0 Å². The number of ether oxygens (including phenoxy) is 1. The van der Waals surface area contributed by atoms with Gasteiger partial charge in [-0.15, -0.1) is 4.40 Å². The molecule has 0 fully saturated rings. The van der Waals surface area contributed by atoms with Crippen molar-refractivity contribution in [3.8, 4) is 5.75 Å². The minimum atomic E-state index is -1.60. The third kappa shape index (κ3) is 2.07. The monoisotopic (exact) mass is 298 g/mol. The molecule has 4 rings (SSSR count). The maximum atomic E-state index is 11.8. The van der Waals surface area contributed by atoms with Crippen molar-refractivity contribution in [2.45, 2.75) is 0 Å². The van der Waals surface area contributed by atoms with E-state index in [0.29, 0.717) is 11.7 Å². The van der Waals surface area contributed by atoms with Gasteiger partial charge in [0.15, 0.2) is 0 Å². The van der Waals surface area contributed by atoms with E-state index in [2.05, 4.69) is 14.1 Å². The Morgan fingerprint density at radius 1 is 1.05 bits per heavy atom. The van der Waals surface area contributed by atoms with Crippen LogP contribution in [0.4, 0.5) is 5.95 Å². The molecule has 3 aromatic rings. The molecule has 0 saturated carbocycles. The topological polar surface area (TPSA) is 68.5 Å². The lowest BCUT2D eigenvalue weighted by Crippen LogP contribution is -2.27. The van der Waals surface area contributed by atoms with E-state index in [9.17, 15) is 4.21 Å². The molecule has 1 unspecified atom stereocenters. The van der Waals surface area contributed by atoms with Gasteiger partial charge in [-0.1, -0.05) is 30.3 Å². The van der Waals surface area contributed by atoms with E-state index < -0.39 is 11.2 Å². The van der Waals surface area contributed by atoms with Crippen molar-refractivity contribution in [1.29, 1.82) is 0 Å². The summed E-state index contributed by atoms with van der Waals surface area (Å²) in [5.74, 6) is 1.08. The van der Waals surface area contributed by atoms with Crippen molar-refractivity contribution in [2.24, 2.45) is 4.40 Å². The van der Waals surface area contributed by atoms with Gasteiger partial charge in [-0.2, -0.15) is 0 Å². The van der Waals surface area contributed by atoms with Gasteiger partial charge < -0.3 is 4.74 Å². The Kier molecular flexibility index (Phi) is 2.71. The largest absolute Gasteiger partial charge is 0.425 e. The zero-order chi connectivity index (χ0) is 14.2. The van der Waals surface area contributed by atoms with Gasteiger partial charge in [0.2, 0.25) is 17.1 Å². The molecule has 6 nitrogen and oxygen atoms in total. The normalized spacial score (nSPS) is 17.0.